The third-order valence-corrected chi connectivity index (χ3v) is 2.30. The Morgan fingerprint density at radius 3 is 2.47 bits per heavy atom. The summed E-state index contributed by atoms with van der Waals surface area (Å²) in [7, 11) is 0. The Hall–Kier alpha value is -2.41. The van der Waals surface area contributed by atoms with Crippen LogP contribution in [0.15, 0.2) is 36.4 Å². The molecular weight excluding hydrogens is 224 g/mol. The molecule has 2 rings (SSSR count). The van der Waals surface area contributed by atoms with Crippen LogP contribution in [0.3, 0.4) is 0 Å². The van der Waals surface area contributed by atoms with E-state index >= 15 is 0 Å². The highest BCUT2D eigenvalue weighted by molar-refractivity contribution is 5.71. The smallest absolute Gasteiger partial charge is 0.125 e. The van der Waals surface area contributed by atoms with E-state index < -0.39 is 11.6 Å². The summed E-state index contributed by atoms with van der Waals surface area (Å²) in [6.45, 7) is 0. The van der Waals surface area contributed by atoms with Crippen molar-refractivity contribution in [2.75, 3.05) is 0 Å². The van der Waals surface area contributed by atoms with Crippen molar-refractivity contribution >= 4 is 0 Å². The second kappa shape index (κ2) is 4.22. The van der Waals surface area contributed by atoms with Gasteiger partial charge in [0.1, 0.15) is 17.4 Å². The molecule has 17 heavy (non-hydrogen) atoms. The van der Waals surface area contributed by atoms with Gasteiger partial charge < -0.3 is 5.11 Å². The Morgan fingerprint density at radius 1 is 1.00 bits per heavy atom. The third-order valence-electron chi connectivity index (χ3n) is 2.30. The first-order chi connectivity index (χ1) is 8.10. The highest BCUT2D eigenvalue weighted by Gasteiger charge is 2.08. The molecule has 0 bridgehead atoms. The molecule has 0 saturated carbocycles. The van der Waals surface area contributed by atoms with Crippen LogP contribution in [0.5, 0.6) is 5.75 Å². The molecule has 0 amide bonds. The van der Waals surface area contributed by atoms with Crippen molar-refractivity contribution in [1.82, 2.24) is 0 Å². The first-order valence-electron chi connectivity index (χ1n) is 4.80. The van der Waals surface area contributed by atoms with E-state index in [9.17, 15) is 13.9 Å². The molecule has 0 spiro atoms. The summed E-state index contributed by atoms with van der Waals surface area (Å²) in [6, 6.07) is 8.76. The molecule has 84 valence electrons. The van der Waals surface area contributed by atoms with E-state index in [-0.39, 0.29) is 22.4 Å². The molecule has 0 fully saturated rings. The lowest BCUT2D eigenvalue weighted by atomic mass is 10.0. The van der Waals surface area contributed by atoms with Crippen LogP contribution < -0.4 is 0 Å². The van der Waals surface area contributed by atoms with Gasteiger partial charge in [0.05, 0.1) is 11.6 Å². The van der Waals surface area contributed by atoms with Gasteiger partial charge in [0, 0.05) is 5.56 Å². The average molecular weight is 231 g/mol. The molecule has 0 saturated heterocycles. The van der Waals surface area contributed by atoms with Crippen molar-refractivity contribution < 1.29 is 13.9 Å². The van der Waals surface area contributed by atoms with Crippen molar-refractivity contribution in [3.8, 4) is 22.9 Å². The Labute approximate surface area is 96.4 Å². The summed E-state index contributed by atoms with van der Waals surface area (Å²) in [5.74, 6) is -1.32. The molecular formula is C13H7F2NO. The molecule has 1 N–H and O–H groups in total. The largest absolute Gasteiger partial charge is 0.507 e. The fraction of sp³-hybridized carbons (Fsp3) is 0. The van der Waals surface area contributed by atoms with Gasteiger partial charge in [-0.05, 0) is 42.0 Å². The number of aromatic hydroxyl groups is 1. The van der Waals surface area contributed by atoms with Gasteiger partial charge >= 0.3 is 0 Å². The topological polar surface area (TPSA) is 44.0 Å². The zero-order chi connectivity index (χ0) is 12.4. The number of nitriles is 1. The SMILES string of the molecule is N#Cc1cc(F)cc(-c2cc(F)ccc2O)c1. The molecule has 4 heteroatoms. The predicted molar refractivity (Wildman–Crippen MR) is 58.2 cm³/mol. The Kier molecular flexibility index (Phi) is 2.75. The third kappa shape index (κ3) is 2.23. The lowest BCUT2D eigenvalue weighted by Crippen LogP contribution is -1.86. The second-order valence-corrected chi connectivity index (χ2v) is 3.50. The average Bonchev–Trinajstić information content (AvgIpc) is 2.31. The molecule has 0 aliphatic carbocycles. The van der Waals surface area contributed by atoms with Crippen LogP contribution in [0.4, 0.5) is 8.78 Å². The van der Waals surface area contributed by atoms with E-state index in [4.69, 9.17) is 5.26 Å². The van der Waals surface area contributed by atoms with Crippen molar-refractivity contribution in [1.29, 1.82) is 5.26 Å². The fourth-order valence-electron chi connectivity index (χ4n) is 1.55. The lowest BCUT2D eigenvalue weighted by molar-refractivity contribution is 0.475. The fourth-order valence-corrected chi connectivity index (χ4v) is 1.55. The number of phenols is 1. The van der Waals surface area contributed by atoms with Gasteiger partial charge in [-0.1, -0.05) is 0 Å². The summed E-state index contributed by atoms with van der Waals surface area (Å²) in [6.07, 6.45) is 0. The molecule has 0 unspecified atom stereocenters. The number of nitrogens with zero attached hydrogens (tertiary/aromatic N) is 1. The first-order valence-corrected chi connectivity index (χ1v) is 4.80. The summed E-state index contributed by atoms with van der Waals surface area (Å²) in [5.41, 5.74) is 0.531. The Bertz CT molecular complexity index is 617. The molecule has 2 aromatic carbocycles. The van der Waals surface area contributed by atoms with Crippen LogP contribution in [0.2, 0.25) is 0 Å². The van der Waals surface area contributed by atoms with Crippen molar-refractivity contribution in [3.63, 3.8) is 0 Å². The Balaban J connectivity index is 2.64. The number of hydrogen-bond donors (Lipinski definition) is 1. The van der Waals surface area contributed by atoms with Crippen LogP contribution in [0.25, 0.3) is 11.1 Å². The van der Waals surface area contributed by atoms with Crippen LogP contribution >= 0.6 is 0 Å². The van der Waals surface area contributed by atoms with E-state index in [1.807, 2.05) is 0 Å². The van der Waals surface area contributed by atoms with E-state index in [2.05, 4.69) is 0 Å². The number of hydrogen-bond acceptors (Lipinski definition) is 2. The van der Waals surface area contributed by atoms with Gasteiger partial charge in [0.25, 0.3) is 0 Å². The monoisotopic (exact) mass is 231 g/mol. The van der Waals surface area contributed by atoms with Gasteiger partial charge in [-0.2, -0.15) is 5.26 Å². The maximum Gasteiger partial charge on any atom is 0.125 e. The molecule has 2 nitrogen and oxygen atoms in total. The number of phenolic OH excluding ortho intramolecular Hbond substituents is 1. The van der Waals surface area contributed by atoms with E-state index in [0.29, 0.717) is 0 Å². The summed E-state index contributed by atoms with van der Waals surface area (Å²) in [4.78, 5) is 0. The standard InChI is InChI=1S/C13H7F2NO/c14-10-1-2-13(17)12(6-10)9-3-8(7-16)4-11(15)5-9/h1-6,17H. The van der Waals surface area contributed by atoms with Crippen molar-refractivity contribution in [2.45, 2.75) is 0 Å². The number of halogens is 2. The summed E-state index contributed by atoms with van der Waals surface area (Å²) >= 11 is 0. The zero-order valence-electron chi connectivity index (χ0n) is 8.61. The van der Waals surface area contributed by atoms with E-state index in [1.165, 1.54) is 12.1 Å². The normalized spacial score (nSPS) is 9.94. The lowest BCUT2D eigenvalue weighted by Gasteiger charge is -2.05. The highest BCUT2D eigenvalue weighted by atomic mass is 19.1. The minimum Gasteiger partial charge on any atom is -0.507 e. The maximum absolute atomic E-state index is 13.2. The molecule has 2 aromatic rings. The van der Waals surface area contributed by atoms with Crippen LogP contribution in [0, 0.1) is 23.0 Å². The van der Waals surface area contributed by atoms with Gasteiger partial charge in [-0.3, -0.25) is 0 Å². The molecule has 0 aliphatic rings. The Morgan fingerprint density at radius 2 is 1.76 bits per heavy atom. The molecule has 0 radical (unpaired) electrons. The minimum atomic E-state index is -0.609. The first kappa shape index (κ1) is 11.1. The quantitative estimate of drug-likeness (QED) is 0.818. The maximum atomic E-state index is 13.2. The summed E-state index contributed by atoms with van der Waals surface area (Å²) in [5, 5.41) is 18.3. The van der Waals surface area contributed by atoms with Gasteiger partial charge in [-0.15, -0.1) is 0 Å². The number of rotatable bonds is 1. The molecule has 0 atom stereocenters. The van der Waals surface area contributed by atoms with Gasteiger partial charge in [0.15, 0.2) is 0 Å². The molecule has 0 aromatic heterocycles. The van der Waals surface area contributed by atoms with Crippen LogP contribution in [-0.4, -0.2) is 5.11 Å². The van der Waals surface area contributed by atoms with Gasteiger partial charge in [0.2, 0.25) is 0 Å². The zero-order valence-corrected chi connectivity index (χ0v) is 8.61. The van der Waals surface area contributed by atoms with E-state index in [1.54, 1.807) is 6.07 Å². The molecule has 0 heterocycles. The summed E-state index contributed by atoms with van der Waals surface area (Å²) < 4.78 is 26.3. The second-order valence-electron chi connectivity index (χ2n) is 3.50. The van der Waals surface area contributed by atoms with Crippen molar-refractivity contribution in [2.24, 2.45) is 0 Å². The van der Waals surface area contributed by atoms with Crippen molar-refractivity contribution in [3.05, 3.63) is 53.6 Å². The van der Waals surface area contributed by atoms with E-state index in [0.717, 1.165) is 24.3 Å². The number of benzene rings is 2. The van der Waals surface area contributed by atoms with Crippen LogP contribution in [-0.2, 0) is 0 Å². The molecule has 0 aliphatic heterocycles. The predicted octanol–water partition coefficient (Wildman–Crippen LogP) is 3.21. The van der Waals surface area contributed by atoms with Gasteiger partial charge in [-0.25, -0.2) is 8.78 Å². The minimum absolute atomic E-state index is 0.115. The van der Waals surface area contributed by atoms with Crippen LogP contribution in [0.1, 0.15) is 5.56 Å². The highest BCUT2D eigenvalue weighted by Crippen LogP contribution is 2.30.